The van der Waals surface area contributed by atoms with Crippen molar-refractivity contribution in [2.45, 2.75) is 25.7 Å². The number of aryl methyl sites for hydroxylation is 2. The summed E-state index contributed by atoms with van der Waals surface area (Å²) in [6, 6.07) is 21.2. The Bertz CT molecular complexity index is 1260. The minimum absolute atomic E-state index is 0.117. The van der Waals surface area contributed by atoms with Gasteiger partial charge in [0.15, 0.2) is 0 Å². The van der Waals surface area contributed by atoms with E-state index >= 15 is 0 Å². The van der Waals surface area contributed by atoms with Gasteiger partial charge in [0, 0.05) is 3.57 Å². The molecule has 3 rings (SSSR count). The van der Waals surface area contributed by atoms with Crippen molar-refractivity contribution in [3.05, 3.63) is 93.1 Å². The Hall–Kier alpha value is -2.72. The number of hydrogen-bond donors (Lipinski definition) is 1. The van der Waals surface area contributed by atoms with Crippen LogP contribution < -0.4 is 9.73 Å². The van der Waals surface area contributed by atoms with E-state index in [1.807, 2.05) is 50.2 Å². The van der Waals surface area contributed by atoms with E-state index in [1.54, 1.807) is 31.2 Å². The van der Waals surface area contributed by atoms with Crippen LogP contribution in [0.1, 0.15) is 23.6 Å². The average Bonchev–Trinajstić information content (AvgIpc) is 2.77. The summed E-state index contributed by atoms with van der Waals surface area (Å²) in [6.45, 7) is 5.15. The molecular weight excluding hydrogens is 537 g/mol. The molecule has 0 saturated heterocycles. The Morgan fingerprint density at radius 1 is 1.00 bits per heavy atom. The van der Waals surface area contributed by atoms with E-state index in [0.29, 0.717) is 11.4 Å². The Morgan fingerprint density at radius 2 is 1.72 bits per heavy atom. The fourth-order valence-corrected chi connectivity index (χ4v) is 5.24. The van der Waals surface area contributed by atoms with Gasteiger partial charge in [0.05, 0.1) is 16.3 Å². The summed E-state index contributed by atoms with van der Waals surface area (Å²) in [5.41, 5.74) is 6.21. The molecule has 0 aliphatic carbocycles. The van der Waals surface area contributed by atoms with Crippen LogP contribution >= 0.6 is 22.6 Å². The summed E-state index contributed by atoms with van der Waals surface area (Å²) in [7, 11) is -3.96. The van der Waals surface area contributed by atoms with Gasteiger partial charge in [-0.2, -0.15) is 5.10 Å². The van der Waals surface area contributed by atoms with Gasteiger partial charge in [-0.3, -0.25) is 9.10 Å². The first kappa shape index (κ1) is 23.9. The topological polar surface area (TPSA) is 78.8 Å². The number of hydrazone groups is 1. The molecule has 0 unspecified atom stereocenters. The van der Waals surface area contributed by atoms with E-state index < -0.39 is 22.5 Å². The van der Waals surface area contributed by atoms with Crippen LogP contribution in [-0.2, 0) is 14.8 Å². The van der Waals surface area contributed by atoms with Crippen molar-refractivity contribution in [1.82, 2.24) is 5.43 Å². The second kappa shape index (κ2) is 10.3. The Kier molecular flexibility index (Phi) is 7.68. The fourth-order valence-electron chi connectivity index (χ4n) is 3.19. The molecule has 0 heterocycles. The third-order valence-electron chi connectivity index (χ3n) is 4.83. The Labute approximate surface area is 202 Å². The number of amides is 1. The van der Waals surface area contributed by atoms with Crippen molar-refractivity contribution < 1.29 is 13.2 Å². The highest BCUT2D eigenvalue weighted by Crippen LogP contribution is 2.27. The standard InChI is InChI=1S/C24H24IN3O3S/c1-17-12-13-23(18(2)14-17)28(32(30,31)22-10-5-4-6-11-22)16-24(29)27-26-19(3)20-8-7-9-21(25)15-20/h4-15H,16H2,1-3H3,(H,27,29)/b26-19-. The van der Waals surface area contributed by atoms with E-state index in [-0.39, 0.29) is 4.90 Å². The van der Waals surface area contributed by atoms with Crippen LogP contribution in [0.2, 0.25) is 0 Å². The molecule has 0 aliphatic rings. The quantitative estimate of drug-likeness (QED) is 0.259. The van der Waals surface area contributed by atoms with Gasteiger partial charge >= 0.3 is 0 Å². The van der Waals surface area contributed by atoms with Crippen molar-refractivity contribution in [2.24, 2.45) is 5.10 Å². The lowest BCUT2D eigenvalue weighted by atomic mass is 10.1. The number of rotatable bonds is 7. The third kappa shape index (κ3) is 5.74. The molecule has 0 radical (unpaired) electrons. The number of hydrogen-bond acceptors (Lipinski definition) is 4. The molecule has 32 heavy (non-hydrogen) atoms. The predicted octanol–water partition coefficient (Wildman–Crippen LogP) is 4.64. The van der Waals surface area contributed by atoms with E-state index in [2.05, 4.69) is 33.1 Å². The van der Waals surface area contributed by atoms with Crippen molar-refractivity contribution in [1.29, 1.82) is 0 Å². The zero-order valence-corrected chi connectivity index (χ0v) is 21.0. The van der Waals surface area contributed by atoms with Crippen LogP contribution in [-0.4, -0.2) is 26.6 Å². The maximum absolute atomic E-state index is 13.4. The molecule has 1 amide bonds. The predicted molar refractivity (Wildman–Crippen MR) is 136 cm³/mol. The van der Waals surface area contributed by atoms with Gasteiger partial charge in [-0.15, -0.1) is 0 Å². The number of halogens is 1. The van der Waals surface area contributed by atoms with Crippen LogP contribution in [0.25, 0.3) is 0 Å². The van der Waals surface area contributed by atoms with E-state index in [0.717, 1.165) is 24.6 Å². The van der Waals surface area contributed by atoms with Gasteiger partial charge in [0.25, 0.3) is 15.9 Å². The normalized spacial score (nSPS) is 11.8. The highest BCUT2D eigenvalue weighted by molar-refractivity contribution is 14.1. The summed E-state index contributed by atoms with van der Waals surface area (Å²) >= 11 is 2.21. The van der Waals surface area contributed by atoms with E-state index in [9.17, 15) is 13.2 Å². The fraction of sp³-hybridized carbons (Fsp3) is 0.167. The van der Waals surface area contributed by atoms with Gasteiger partial charge in [-0.1, -0.05) is 48.0 Å². The molecule has 3 aromatic rings. The number of sulfonamides is 1. The number of carbonyl (C=O) groups excluding carboxylic acids is 1. The number of carbonyl (C=O) groups is 1. The molecule has 0 spiro atoms. The zero-order valence-electron chi connectivity index (χ0n) is 18.0. The molecule has 0 aromatic heterocycles. The molecule has 0 fully saturated rings. The van der Waals surface area contributed by atoms with E-state index in [4.69, 9.17) is 0 Å². The molecule has 3 aromatic carbocycles. The molecular formula is C24H24IN3O3S. The van der Waals surface area contributed by atoms with Crippen LogP contribution in [0, 0.1) is 17.4 Å². The summed E-state index contributed by atoms with van der Waals surface area (Å²) < 4.78 is 29.0. The summed E-state index contributed by atoms with van der Waals surface area (Å²) in [6.07, 6.45) is 0. The average molecular weight is 561 g/mol. The van der Waals surface area contributed by atoms with E-state index in [1.165, 1.54) is 12.1 Å². The minimum atomic E-state index is -3.96. The number of nitrogens with zero attached hydrogens (tertiary/aromatic N) is 2. The monoisotopic (exact) mass is 561 g/mol. The lowest BCUT2D eigenvalue weighted by molar-refractivity contribution is -0.119. The lowest BCUT2D eigenvalue weighted by Crippen LogP contribution is -2.40. The Balaban J connectivity index is 1.90. The molecule has 6 nitrogen and oxygen atoms in total. The third-order valence-corrected chi connectivity index (χ3v) is 7.28. The molecule has 166 valence electrons. The van der Waals surface area contributed by atoms with Crippen LogP contribution in [0.3, 0.4) is 0 Å². The Morgan fingerprint density at radius 3 is 2.38 bits per heavy atom. The molecule has 0 saturated carbocycles. The van der Waals surface area contributed by atoms with Crippen LogP contribution in [0.15, 0.2) is 82.8 Å². The van der Waals surface area contributed by atoms with Crippen molar-refractivity contribution in [3.8, 4) is 0 Å². The number of nitrogens with one attached hydrogen (secondary N) is 1. The summed E-state index contributed by atoms with van der Waals surface area (Å²) in [5.74, 6) is -0.533. The second-order valence-corrected chi connectivity index (χ2v) is 10.5. The van der Waals surface area contributed by atoms with Gasteiger partial charge in [0.2, 0.25) is 0 Å². The van der Waals surface area contributed by atoms with Gasteiger partial charge in [0.1, 0.15) is 6.54 Å². The van der Waals surface area contributed by atoms with Crippen molar-refractivity contribution in [2.75, 3.05) is 10.8 Å². The molecule has 0 aliphatic heterocycles. The van der Waals surface area contributed by atoms with Crippen molar-refractivity contribution >= 4 is 49.9 Å². The maximum atomic E-state index is 13.4. The highest BCUT2D eigenvalue weighted by Gasteiger charge is 2.28. The maximum Gasteiger partial charge on any atom is 0.264 e. The molecule has 0 bridgehead atoms. The van der Waals surface area contributed by atoms with Crippen LogP contribution in [0.4, 0.5) is 5.69 Å². The van der Waals surface area contributed by atoms with Gasteiger partial charge in [-0.25, -0.2) is 13.8 Å². The first-order valence-corrected chi connectivity index (χ1v) is 12.4. The largest absolute Gasteiger partial charge is 0.271 e. The zero-order chi connectivity index (χ0) is 23.3. The first-order chi connectivity index (χ1) is 15.2. The highest BCUT2D eigenvalue weighted by atomic mass is 127. The second-order valence-electron chi connectivity index (χ2n) is 7.36. The number of benzene rings is 3. The van der Waals surface area contributed by atoms with Crippen molar-refractivity contribution in [3.63, 3.8) is 0 Å². The van der Waals surface area contributed by atoms with Crippen LogP contribution in [0.5, 0.6) is 0 Å². The van der Waals surface area contributed by atoms with Gasteiger partial charge in [-0.05, 0) is 84.8 Å². The minimum Gasteiger partial charge on any atom is -0.271 e. The smallest absolute Gasteiger partial charge is 0.264 e. The summed E-state index contributed by atoms with van der Waals surface area (Å²) in [5, 5.41) is 4.17. The first-order valence-electron chi connectivity index (χ1n) is 9.92. The lowest BCUT2D eigenvalue weighted by Gasteiger charge is -2.25. The summed E-state index contributed by atoms with van der Waals surface area (Å²) in [4.78, 5) is 12.9. The molecule has 1 N–H and O–H groups in total. The number of anilines is 1. The van der Waals surface area contributed by atoms with Gasteiger partial charge < -0.3 is 0 Å². The molecule has 8 heteroatoms. The molecule has 0 atom stereocenters. The SMILES string of the molecule is C/C(=N/NC(=O)CN(c1ccc(C)cc1C)S(=O)(=O)c1ccccc1)c1cccc(I)c1.